The number of rotatable bonds is 2. The smallest absolute Gasteiger partial charge is 0.324 e. The van der Waals surface area contributed by atoms with Crippen LogP contribution in [0.4, 0.5) is 4.79 Å². The van der Waals surface area contributed by atoms with Gasteiger partial charge in [-0.05, 0) is 24.6 Å². The number of hydrogen-bond donors (Lipinski definition) is 1. The van der Waals surface area contributed by atoms with Gasteiger partial charge in [-0.15, -0.1) is 0 Å². The number of amides is 4. The summed E-state index contributed by atoms with van der Waals surface area (Å²) in [5.41, 5.74) is 0.365. The van der Waals surface area contributed by atoms with E-state index in [1.54, 1.807) is 17.0 Å². The summed E-state index contributed by atoms with van der Waals surface area (Å²) in [6.07, 6.45) is 0.566. The van der Waals surface area contributed by atoms with Crippen LogP contribution in [0.2, 0.25) is 10.0 Å². The number of carbonyl (C=O) groups is 3. The van der Waals surface area contributed by atoms with Crippen LogP contribution in [0.25, 0.3) is 0 Å². The van der Waals surface area contributed by atoms with Crippen LogP contribution < -0.4 is 5.32 Å². The summed E-state index contributed by atoms with van der Waals surface area (Å²) >= 11 is 11.9. The van der Waals surface area contributed by atoms with Crippen molar-refractivity contribution in [3.63, 3.8) is 0 Å². The van der Waals surface area contributed by atoms with Crippen LogP contribution in [0, 0.1) is 0 Å². The molecule has 116 valence electrons. The Morgan fingerprint density at radius 1 is 1.27 bits per heavy atom. The molecule has 2 fully saturated rings. The Labute approximate surface area is 136 Å². The van der Waals surface area contributed by atoms with Crippen molar-refractivity contribution >= 4 is 41.0 Å². The molecule has 22 heavy (non-hydrogen) atoms. The molecule has 0 bridgehead atoms. The normalized spacial score (nSPS) is 21.5. The first-order valence-corrected chi connectivity index (χ1v) is 7.57. The molecule has 3 rings (SSSR count). The monoisotopic (exact) mass is 341 g/mol. The molecule has 6 nitrogen and oxygen atoms in total. The van der Waals surface area contributed by atoms with Crippen molar-refractivity contribution in [2.45, 2.75) is 12.5 Å². The van der Waals surface area contributed by atoms with E-state index in [2.05, 4.69) is 5.32 Å². The van der Waals surface area contributed by atoms with Crippen molar-refractivity contribution < 1.29 is 14.4 Å². The van der Waals surface area contributed by atoms with E-state index in [1.165, 1.54) is 11.0 Å². The van der Waals surface area contributed by atoms with Gasteiger partial charge in [-0.1, -0.05) is 23.2 Å². The molecule has 8 heteroatoms. The Balaban J connectivity index is 1.73. The Bertz CT molecular complexity index is 649. The summed E-state index contributed by atoms with van der Waals surface area (Å²) in [4.78, 5) is 38.7. The van der Waals surface area contributed by atoms with E-state index in [0.29, 0.717) is 30.1 Å². The van der Waals surface area contributed by atoms with Crippen LogP contribution in [0.5, 0.6) is 0 Å². The van der Waals surface area contributed by atoms with Crippen molar-refractivity contribution in [2.24, 2.45) is 0 Å². The maximum absolute atomic E-state index is 12.5. The van der Waals surface area contributed by atoms with Crippen molar-refractivity contribution in [1.82, 2.24) is 15.1 Å². The molecule has 0 aliphatic carbocycles. The summed E-state index contributed by atoms with van der Waals surface area (Å²) < 4.78 is 0. The van der Waals surface area contributed by atoms with Gasteiger partial charge in [-0.3, -0.25) is 14.5 Å². The Morgan fingerprint density at radius 2 is 2.05 bits per heavy atom. The second-order valence-electron chi connectivity index (χ2n) is 5.24. The first kappa shape index (κ1) is 15.1. The zero-order valence-corrected chi connectivity index (χ0v) is 13.0. The average molecular weight is 342 g/mol. The fourth-order valence-electron chi connectivity index (χ4n) is 2.77. The second-order valence-corrected chi connectivity index (χ2v) is 6.08. The van der Waals surface area contributed by atoms with Crippen molar-refractivity contribution in [1.29, 1.82) is 0 Å². The minimum absolute atomic E-state index is 0.0201. The summed E-state index contributed by atoms with van der Waals surface area (Å²) in [6, 6.07) is 4.01. The minimum atomic E-state index is -0.395. The lowest BCUT2D eigenvalue weighted by Gasteiger charge is -2.21. The van der Waals surface area contributed by atoms with E-state index in [4.69, 9.17) is 23.2 Å². The molecule has 1 N–H and O–H groups in total. The Morgan fingerprint density at radius 3 is 2.68 bits per heavy atom. The minimum Gasteiger partial charge on any atom is -0.336 e. The van der Waals surface area contributed by atoms with Gasteiger partial charge < -0.3 is 10.2 Å². The van der Waals surface area contributed by atoms with Crippen LogP contribution in [-0.2, 0) is 4.79 Å². The van der Waals surface area contributed by atoms with Gasteiger partial charge in [0, 0.05) is 18.1 Å². The molecule has 2 heterocycles. The quantitative estimate of drug-likeness (QED) is 0.833. The number of carbonyl (C=O) groups excluding carboxylic acids is 3. The first-order chi connectivity index (χ1) is 10.5. The molecule has 0 aromatic heterocycles. The van der Waals surface area contributed by atoms with E-state index in [-0.39, 0.29) is 29.4 Å². The molecular weight excluding hydrogens is 329 g/mol. The SMILES string of the molecule is O=C(c1ccc(Cl)cc1Cl)N1CCC(N2C(=O)CNC2=O)C1. The van der Waals surface area contributed by atoms with Gasteiger partial charge in [0.25, 0.3) is 5.91 Å². The predicted octanol–water partition coefficient (Wildman–Crippen LogP) is 1.76. The fraction of sp³-hybridized carbons (Fsp3) is 0.357. The largest absolute Gasteiger partial charge is 0.336 e. The van der Waals surface area contributed by atoms with E-state index < -0.39 is 6.03 Å². The highest BCUT2D eigenvalue weighted by atomic mass is 35.5. The molecule has 0 saturated carbocycles. The summed E-state index contributed by atoms with van der Waals surface area (Å²) in [5, 5.41) is 3.23. The zero-order chi connectivity index (χ0) is 15.9. The van der Waals surface area contributed by atoms with Gasteiger partial charge in [0.15, 0.2) is 0 Å². The number of imide groups is 1. The highest BCUT2D eigenvalue weighted by Gasteiger charge is 2.39. The van der Waals surface area contributed by atoms with Crippen molar-refractivity contribution in [2.75, 3.05) is 19.6 Å². The second kappa shape index (κ2) is 5.78. The third kappa shape index (κ3) is 2.64. The number of nitrogens with one attached hydrogen (secondary N) is 1. The standard InChI is InChI=1S/C14H13Cl2N3O3/c15-8-1-2-10(11(16)5-8)13(21)18-4-3-9(7-18)19-12(20)6-17-14(19)22/h1-2,5,9H,3-4,6-7H2,(H,17,22). The lowest BCUT2D eigenvalue weighted by Crippen LogP contribution is -2.42. The number of urea groups is 1. The van der Waals surface area contributed by atoms with Crippen LogP contribution in [-0.4, -0.2) is 53.3 Å². The topological polar surface area (TPSA) is 69.7 Å². The molecule has 1 atom stereocenters. The van der Waals surface area contributed by atoms with E-state index in [0.717, 1.165) is 0 Å². The lowest BCUT2D eigenvalue weighted by atomic mass is 10.2. The van der Waals surface area contributed by atoms with Gasteiger partial charge in [0.1, 0.15) is 0 Å². The number of nitrogens with zero attached hydrogens (tertiary/aromatic N) is 2. The van der Waals surface area contributed by atoms with Crippen LogP contribution in [0.3, 0.4) is 0 Å². The highest BCUT2D eigenvalue weighted by molar-refractivity contribution is 6.36. The van der Waals surface area contributed by atoms with Gasteiger partial charge in [-0.2, -0.15) is 0 Å². The lowest BCUT2D eigenvalue weighted by molar-refractivity contribution is -0.126. The molecule has 1 unspecified atom stereocenters. The number of halogens is 2. The molecule has 2 aliphatic heterocycles. The number of likely N-dealkylation sites (tertiary alicyclic amines) is 1. The maximum Gasteiger partial charge on any atom is 0.324 e. The summed E-state index contributed by atoms with van der Waals surface area (Å²) in [7, 11) is 0. The average Bonchev–Trinajstić information content (AvgIpc) is 3.05. The van der Waals surface area contributed by atoms with E-state index >= 15 is 0 Å². The van der Waals surface area contributed by atoms with E-state index in [1.807, 2.05) is 0 Å². The Hall–Kier alpha value is -1.79. The van der Waals surface area contributed by atoms with Crippen LogP contribution in [0.15, 0.2) is 18.2 Å². The molecule has 1 aromatic rings. The molecule has 2 saturated heterocycles. The molecule has 2 aliphatic rings. The van der Waals surface area contributed by atoms with Gasteiger partial charge >= 0.3 is 6.03 Å². The fourth-order valence-corrected chi connectivity index (χ4v) is 3.26. The number of hydrogen-bond acceptors (Lipinski definition) is 3. The van der Waals surface area contributed by atoms with Crippen molar-refractivity contribution in [3.8, 4) is 0 Å². The first-order valence-electron chi connectivity index (χ1n) is 6.81. The number of benzene rings is 1. The van der Waals surface area contributed by atoms with Crippen LogP contribution in [0.1, 0.15) is 16.8 Å². The zero-order valence-electron chi connectivity index (χ0n) is 11.5. The van der Waals surface area contributed by atoms with Gasteiger partial charge in [-0.25, -0.2) is 4.79 Å². The molecule has 0 spiro atoms. The molecular formula is C14H13Cl2N3O3. The summed E-state index contributed by atoms with van der Waals surface area (Å²) in [5.74, 6) is -0.481. The van der Waals surface area contributed by atoms with Crippen molar-refractivity contribution in [3.05, 3.63) is 33.8 Å². The Kier molecular flexibility index (Phi) is 3.97. The van der Waals surface area contributed by atoms with Gasteiger partial charge in [0.05, 0.1) is 23.2 Å². The van der Waals surface area contributed by atoms with Crippen LogP contribution >= 0.6 is 23.2 Å². The van der Waals surface area contributed by atoms with Gasteiger partial charge in [0.2, 0.25) is 5.91 Å². The molecule has 4 amide bonds. The van der Waals surface area contributed by atoms with E-state index in [9.17, 15) is 14.4 Å². The highest BCUT2D eigenvalue weighted by Crippen LogP contribution is 2.25. The summed E-state index contributed by atoms with van der Waals surface area (Å²) in [6.45, 7) is 0.808. The third-order valence-corrected chi connectivity index (χ3v) is 4.40. The predicted molar refractivity (Wildman–Crippen MR) is 81.0 cm³/mol. The maximum atomic E-state index is 12.5. The molecule has 1 aromatic carbocycles. The molecule has 0 radical (unpaired) electrons. The third-order valence-electron chi connectivity index (χ3n) is 3.86.